The first kappa shape index (κ1) is 81.5. The van der Waals surface area contributed by atoms with E-state index in [1.807, 2.05) is 83.1 Å². The van der Waals surface area contributed by atoms with Crippen molar-refractivity contribution in [2.75, 3.05) is 0 Å². The van der Waals surface area contributed by atoms with Crippen LogP contribution in [-0.2, 0) is 62.1 Å². The molecule has 2 aromatic heterocycles. The summed E-state index contributed by atoms with van der Waals surface area (Å²) in [6.07, 6.45) is 2.30. The van der Waals surface area contributed by atoms with Crippen molar-refractivity contribution in [1.82, 2.24) is 29.9 Å². The zero-order valence-electron chi connectivity index (χ0n) is 54.7. The summed E-state index contributed by atoms with van der Waals surface area (Å²) in [4.78, 5) is 42.3. The molecule has 0 aliphatic carbocycles. The summed E-state index contributed by atoms with van der Waals surface area (Å²) in [5, 5.41) is 27.5. The van der Waals surface area contributed by atoms with Gasteiger partial charge in [0.25, 0.3) is 20.2 Å². The fourth-order valence-electron chi connectivity index (χ4n) is 9.06. The van der Waals surface area contributed by atoms with E-state index in [1.165, 1.54) is 48.5 Å². The number of nitrogens with one attached hydrogen (secondary N) is 6. The number of hydrogen-bond acceptors (Lipinski definition) is 18. The summed E-state index contributed by atoms with van der Waals surface area (Å²) in [6, 6.07) is 23.4. The van der Waals surface area contributed by atoms with E-state index in [4.69, 9.17) is 9.98 Å². The van der Waals surface area contributed by atoms with Crippen molar-refractivity contribution in [2.45, 2.75) is 124 Å². The Labute approximate surface area is 631 Å². The average Bonchev–Trinajstić information content (AvgIpc) is 0.799. The minimum Gasteiger partial charge on any atom is -0.872 e. The fourth-order valence-corrected chi connectivity index (χ4v) is 11.5. The van der Waals surface area contributed by atoms with Gasteiger partial charge in [0.15, 0.2) is 0 Å². The maximum absolute atomic E-state index is 13.7. The van der Waals surface area contributed by atoms with Crippen LogP contribution in [0.25, 0.3) is 12.2 Å². The van der Waals surface area contributed by atoms with E-state index in [0.29, 0.717) is 33.6 Å². The average molecular weight is 1400 g/mol. The van der Waals surface area contributed by atoms with Gasteiger partial charge in [-0.15, -0.1) is 11.5 Å². The van der Waals surface area contributed by atoms with Gasteiger partial charge in [-0.1, -0.05) is 120 Å². The van der Waals surface area contributed by atoms with Crippen LogP contribution in [0.1, 0.15) is 116 Å². The summed E-state index contributed by atoms with van der Waals surface area (Å²) in [6.45, 7) is 22.6. The van der Waals surface area contributed by atoms with E-state index >= 15 is 0 Å². The van der Waals surface area contributed by atoms with Gasteiger partial charge < -0.3 is 19.3 Å². The smallest absolute Gasteiger partial charge is 0.872 e. The van der Waals surface area contributed by atoms with Gasteiger partial charge in [0, 0.05) is 0 Å². The van der Waals surface area contributed by atoms with Crippen LogP contribution < -0.4 is 162 Å². The second-order valence-corrected chi connectivity index (χ2v) is 30.4. The third kappa shape index (κ3) is 21.3. The Morgan fingerprint density at radius 2 is 0.585 bits per heavy atom. The van der Waals surface area contributed by atoms with Crippen LogP contribution in [0.2, 0.25) is 0 Å². The van der Waals surface area contributed by atoms with E-state index in [9.17, 15) is 62.1 Å². The number of aromatic nitrogens is 6. The van der Waals surface area contributed by atoms with Crippen molar-refractivity contribution in [3.63, 3.8) is 0 Å². The molecule has 0 spiro atoms. The largest absolute Gasteiger partial charge is 1.00 e. The molecule has 94 heavy (non-hydrogen) atoms. The molecule has 0 amide bonds. The molecule has 0 aliphatic heterocycles. The Morgan fingerprint density at radius 3 is 0.809 bits per heavy atom. The standard InChI is InChI=1S/C60H68N12O14S4.4Na/c1-57(2,3)43-27-39(28-44(49(43)73)58(4,5)6)65-55-69-51(61-35-15-13-17-41(25-35)87(75,76)77)67-53(71-55)63-37-23-21-33(47(31-37)89(81,82)83)19-20-34-22-24-38(32-48(34)90(84,85)86)64-54-68-52(62-36-16-14-18-42(26-36)88(78,79)80)70-56(72-54)66-40-29-45(59(7,8)9)50(74)46(30-40)60(10,11)12;;;;/h13-32,73-74H,1-12H3,(H,75,76,77)(H,78,79,80)(H,81,82,83)(H,84,85,86)(H3,61,63,65,67,69,71)(H3,62,64,66,68,70,72);;;;/q;4*+1/p-4/b20-19+;;;;. The van der Waals surface area contributed by atoms with Gasteiger partial charge in [0.2, 0.25) is 33.7 Å². The molecule has 0 bridgehead atoms. The second-order valence-electron chi connectivity index (χ2n) is 24.9. The number of H-pyrrole nitrogens is 6. The molecule has 0 radical (unpaired) electrons. The molecule has 8 rings (SSSR count). The topological polar surface area (TPSA) is 438 Å². The van der Waals surface area contributed by atoms with Gasteiger partial charge >= 0.3 is 118 Å². The van der Waals surface area contributed by atoms with Crippen molar-refractivity contribution in [1.29, 1.82) is 0 Å². The molecule has 8 aromatic rings. The van der Waals surface area contributed by atoms with Gasteiger partial charge in [-0.25, -0.2) is 46.8 Å². The van der Waals surface area contributed by atoms with Crippen molar-refractivity contribution >= 4 is 86.7 Å². The minimum atomic E-state index is -5.10. The summed E-state index contributed by atoms with van der Waals surface area (Å²) < 4.78 is 145. The maximum atomic E-state index is 13.7. The molecular weight excluding hydrogens is 1330 g/mol. The second kappa shape index (κ2) is 30.9. The molecule has 6 aromatic carbocycles. The van der Waals surface area contributed by atoms with Crippen molar-refractivity contribution in [2.24, 2.45) is 30.0 Å². The molecule has 2 heterocycles. The molecule has 34 heteroatoms. The van der Waals surface area contributed by atoms with Gasteiger partial charge in [0.1, 0.15) is 30.0 Å². The van der Waals surface area contributed by atoms with E-state index in [2.05, 4.69) is 49.9 Å². The first-order valence-electron chi connectivity index (χ1n) is 27.3. The molecular formula is C60H64N12Na4O14S4. The fraction of sp³-hybridized carbons (Fsp3) is 0.267. The van der Waals surface area contributed by atoms with Gasteiger partial charge in [-0.2, -0.15) is 16.8 Å². The number of nitrogens with zero attached hydrogens (tertiary/aromatic N) is 6. The Bertz CT molecular complexity index is 4790. The molecule has 8 N–H and O–H groups in total. The Balaban J connectivity index is 0.00000470. The quantitative estimate of drug-likeness (QED) is 0.0323. The van der Waals surface area contributed by atoms with Crippen molar-refractivity contribution in [3.05, 3.63) is 176 Å². The monoisotopic (exact) mass is 1400 g/mol. The molecule has 0 saturated heterocycles. The van der Waals surface area contributed by atoms with Crippen LogP contribution in [0.15, 0.2) is 159 Å². The first-order valence-corrected chi connectivity index (χ1v) is 33.0. The van der Waals surface area contributed by atoms with Crippen LogP contribution >= 0.6 is 0 Å². The van der Waals surface area contributed by atoms with Crippen LogP contribution in [0, 0.1) is 0 Å². The predicted octanol–water partition coefficient (Wildman–Crippen LogP) is -5.13. The van der Waals surface area contributed by atoms with Gasteiger partial charge in [0.05, 0.1) is 43.9 Å². The van der Waals surface area contributed by atoms with E-state index in [-0.39, 0.29) is 197 Å². The predicted molar refractivity (Wildman–Crippen MR) is 327 cm³/mol. The van der Waals surface area contributed by atoms with Gasteiger partial charge in [-0.3, -0.25) is 39.0 Å². The van der Waals surface area contributed by atoms with E-state index in [1.54, 1.807) is 24.3 Å². The third-order valence-electron chi connectivity index (χ3n) is 13.5. The van der Waals surface area contributed by atoms with Gasteiger partial charge in [-0.05, 0) is 140 Å². The first-order chi connectivity index (χ1) is 41.4. The molecule has 0 aliphatic rings. The number of hydrogen-bond donors (Lipinski definition) is 8. The SMILES string of the molecule is CC(C)(C)c1cc(N=c2[nH]c(=Nc3cccc(S(=O)(=O)[O-])c3)[nH]c(=Nc3ccc(/C=C/c4ccc(N=c5[nH]c(=Nc6cccc(S(=O)(=O)[O-])c6)[nH]c(=Nc6cc(C(C)(C)C)c([O-])c(C(C)(C)C)c6)[nH]5)cc4S(=O)(=O)O)c(S(=O)(=O)O)c3)[nH]2)cc(C(C)(C)C)c1[O-].[Na+].[Na+].[Na+].[Na+]. The normalized spacial score (nSPS) is 14.0. The Kier molecular flexibility index (Phi) is 26.8. The van der Waals surface area contributed by atoms with Crippen LogP contribution in [-0.4, -0.2) is 81.8 Å². The zero-order chi connectivity index (χ0) is 66.5. The third-order valence-corrected chi connectivity index (χ3v) is 16.9. The zero-order valence-corrected chi connectivity index (χ0v) is 65.9. The van der Waals surface area contributed by atoms with Crippen LogP contribution in [0.5, 0.6) is 11.5 Å². The van der Waals surface area contributed by atoms with Crippen LogP contribution in [0.4, 0.5) is 34.1 Å². The number of rotatable bonds is 12. The van der Waals surface area contributed by atoms with E-state index in [0.717, 1.165) is 48.6 Å². The van der Waals surface area contributed by atoms with Crippen molar-refractivity contribution in [3.8, 4) is 11.5 Å². The summed E-state index contributed by atoms with van der Waals surface area (Å²) >= 11 is 0. The molecule has 0 fully saturated rings. The number of benzene rings is 6. The Morgan fingerprint density at radius 1 is 0.351 bits per heavy atom. The Hall–Kier alpha value is -4.88. The molecule has 476 valence electrons. The maximum Gasteiger partial charge on any atom is 1.00 e. The molecule has 26 nitrogen and oxygen atoms in total. The summed E-state index contributed by atoms with van der Waals surface area (Å²) in [7, 11) is -20.0. The van der Waals surface area contributed by atoms with Crippen LogP contribution in [0.3, 0.4) is 0 Å². The molecule has 0 atom stereocenters. The van der Waals surface area contributed by atoms with Crippen molar-refractivity contribution < 1.29 is 180 Å². The molecule has 0 saturated carbocycles. The molecule has 0 unspecified atom stereocenters. The number of aromatic amines is 6. The minimum absolute atomic E-state index is 0. The summed E-state index contributed by atoms with van der Waals surface area (Å²) in [5.41, 5.74) is -1.02. The summed E-state index contributed by atoms with van der Waals surface area (Å²) in [5.74, 6) is -0.315. The van der Waals surface area contributed by atoms with E-state index < -0.39 is 81.7 Å².